The lowest BCUT2D eigenvalue weighted by atomic mass is 10.8. The fraction of sp³-hybridized carbons (Fsp3) is 0.833. The van der Waals surface area contributed by atoms with E-state index in [9.17, 15) is 13.2 Å². The number of sulfone groups is 1. The molecule has 0 unspecified atom stereocenters. The second kappa shape index (κ2) is 5.10. The number of hydrogen-bond acceptors (Lipinski definition) is 5. The summed E-state index contributed by atoms with van der Waals surface area (Å²) in [4.78, 5) is 10.7. The first-order chi connectivity index (χ1) is 5.52. The van der Waals surface area contributed by atoms with E-state index in [1.807, 2.05) is 0 Å². The minimum absolute atomic E-state index is 0.0295. The number of nitrogens with two attached hydrogens (primary N) is 1. The van der Waals surface area contributed by atoms with Gasteiger partial charge in [0.2, 0.25) is 0 Å². The van der Waals surface area contributed by atoms with Gasteiger partial charge in [0.15, 0.2) is 9.84 Å². The predicted octanol–water partition coefficient (Wildman–Crippen LogP) is -1.08. The number of hydrogen-bond donors (Lipinski definition) is 1. The Morgan fingerprint density at radius 1 is 1.50 bits per heavy atom. The zero-order valence-corrected chi connectivity index (χ0v) is 7.76. The molecule has 0 saturated carbocycles. The smallest absolute Gasteiger partial charge is 0.321 e. The lowest BCUT2D eigenvalue weighted by molar-refractivity contribution is -0.139. The van der Waals surface area contributed by atoms with E-state index in [2.05, 4.69) is 4.74 Å². The van der Waals surface area contributed by atoms with Gasteiger partial charge in [-0.15, -0.1) is 0 Å². The van der Waals surface area contributed by atoms with Crippen LogP contribution in [0.15, 0.2) is 0 Å². The summed E-state index contributed by atoms with van der Waals surface area (Å²) in [5.74, 6) is -1.46. The Hall–Kier alpha value is -0.620. The minimum atomic E-state index is -3.35. The topological polar surface area (TPSA) is 86.5 Å². The quantitative estimate of drug-likeness (QED) is 0.564. The zero-order valence-electron chi connectivity index (χ0n) is 6.95. The molecule has 6 heteroatoms. The number of ether oxygens (including phenoxy) is 1. The van der Waals surface area contributed by atoms with Gasteiger partial charge >= 0.3 is 5.97 Å². The molecule has 0 aliphatic carbocycles. The predicted molar refractivity (Wildman–Crippen MR) is 44.3 cm³/mol. The van der Waals surface area contributed by atoms with Gasteiger partial charge in [-0.05, 0) is 6.92 Å². The monoisotopic (exact) mass is 195 g/mol. The average Bonchev–Trinajstić information content (AvgIpc) is 1.85. The lowest BCUT2D eigenvalue weighted by Gasteiger charge is -2.01. The van der Waals surface area contributed by atoms with Crippen molar-refractivity contribution >= 4 is 15.8 Å². The van der Waals surface area contributed by atoms with Crippen molar-refractivity contribution in [3.63, 3.8) is 0 Å². The van der Waals surface area contributed by atoms with Crippen LogP contribution in [0.3, 0.4) is 0 Å². The van der Waals surface area contributed by atoms with Gasteiger partial charge in [-0.2, -0.15) is 0 Å². The van der Waals surface area contributed by atoms with Crippen molar-refractivity contribution in [1.29, 1.82) is 0 Å². The van der Waals surface area contributed by atoms with Gasteiger partial charge in [-0.25, -0.2) is 8.42 Å². The van der Waals surface area contributed by atoms with Crippen LogP contribution in [-0.4, -0.2) is 39.0 Å². The van der Waals surface area contributed by atoms with Crippen LogP contribution < -0.4 is 5.73 Å². The second-order valence-corrected chi connectivity index (χ2v) is 4.37. The Morgan fingerprint density at radius 2 is 2.08 bits per heavy atom. The molecule has 0 aromatic carbocycles. The Bertz CT molecular complexity index is 234. The molecule has 0 radical (unpaired) electrons. The van der Waals surface area contributed by atoms with E-state index in [4.69, 9.17) is 5.73 Å². The van der Waals surface area contributed by atoms with Crippen LogP contribution in [0, 0.1) is 0 Å². The summed E-state index contributed by atoms with van der Waals surface area (Å²) in [6.07, 6.45) is 0. The molecular weight excluding hydrogens is 182 g/mol. The van der Waals surface area contributed by atoms with Crippen LogP contribution >= 0.6 is 0 Å². The largest absolute Gasteiger partial charge is 0.465 e. The summed E-state index contributed by atoms with van der Waals surface area (Å²) < 4.78 is 26.3. The third kappa shape index (κ3) is 5.09. The van der Waals surface area contributed by atoms with Gasteiger partial charge in [-0.1, -0.05) is 0 Å². The summed E-state index contributed by atoms with van der Waals surface area (Å²) in [6, 6.07) is 0. The molecule has 0 aromatic rings. The highest BCUT2D eigenvalue weighted by atomic mass is 32.2. The van der Waals surface area contributed by atoms with E-state index >= 15 is 0 Å². The Kier molecular flexibility index (Phi) is 4.84. The van der Waals surface area contributed by atoms with Crippen molar-refractivity contribution in [3.05, 3.63) is 0 Å². The van der Waals surface area contributed by atoms with Crippen LogP contribution in [-0.2, 0) is 19.4 Å². The molecule has 0 amide bonds. The molecule has 0 bridgehead atoms. The summed E-state index contributed by atoms with van der Waals surface area (Å²) in [6.45, 7) is 1.84. The van der Waals surface area contributed by atoms with Gasteiger partial charge < -0.3 is 10.5 Å². The van der Waals surface area contributed by atoms with Crippen LogP contribution in [0.25, 0.3) is 0 Å². The first-order valence-electron chi connectivity index (χ1n) is 3.58. The highest BCUT2D eigenvalue weighted by Gasteiger charge is 2.15. The van der Waals surface area contributed by atoms with Crippen LogP contribution in [0.1, 0.15) is 6.92 Å². The summed E-state index contributed by atoms with van der Waals surface area (Å²) in [5.41, 5.74) is 5.03. The van der Waals surface area contributed by atoms with E-state index in [0.29, 0.717) is 0 Å². The molecule has 0 heterocycles. The molecule has 12 heavy (non-hydrogen) atoms. The summed E-state index contributed by atoms with van der Waals surface area (Å²) in [5, 5.41) is 0. The van der Waals surface area contributed by atoms with Gasteiger partial charge in [-0.3, -0.25) is 4.79 Å². The molecule has 0 fully saturated rings. The zero-order chi connectivity index (χ0) is 9.61. The minimum Gasteiger partial charge on any atom is -0.465 e. The molecular formula is C6H13NO4S. The van der Waals surface area contributed by atoms with E-state index in [0.717, 1.165) is 0 Å². The normalized spacial score (nSPS) is 11.2. The molecule has 0 saturated heterocycles. The van der Waals surface area contributed by atoms with Crippen molar-refractivity contribution in [3.8, 4) is 0 Å². The highest BCUT2D eigenvalue weighted by Crippen LogP contribution is 1.90. The van der Waals surface area contributed by atoms with E-state index in [1.54, 1.807) is 6.92 Å². The third-order valence-corrected chi connectivity index (χ3v) is 2.61. The van der Waals surface area contributed by atoms with Crippen molar-refractivity contribution < 1.29 is 17.9 Å². The van der Waals surface area contributed by atoms with Crippen LogP contribution in [0.4, 0.5) is 0 Å². The van der Waals surface area contributed by atoms with Crippen molar-refractivity contribution in [2.75, 3.05) is 24.7 Å². The third-order valence-electron chi connectivity index (χ3n) is 1.07. The summed E-state index contributed by atoms with van der Waals surface area (Å²) in [7, 11) is -3.35. The second-order valence-electron chi connectivity index (χ2n) is 2.19. The first-order valence-corrected chi connectivity index (χ1v) is 5.40. The molecule has 2 N–H and O–H groups in total. The van der Waals surface area contributed by atoms with Crippen LogP contribution in [0.2, 0.25) is 0 Å². The van der Waals surface area contributed by atoms with Gasteiger partial charge in [0.25, 0.3) is 0 Å². The number of carbonyl (C=O) groups excluding carboxylic acids is 1. The van der Waals surface area contributed by atoms with E-state index in [1.165, 1.54) is 0 Å². The molecule has 0 atom stereocenters. The molecule has 5 nitrogen and oxygen atoms in total. The van der Waals surface area contributed by atoms with Crippen LogP contribution in [0.5, 0.6) is 0 Å². The van der Waals surface area contributed by atoms with Crippen molar-refractivity contribution in [2.45, 2.75) is 6.92 Å². The first kappa shape index (κ1) is 11.4. The fourth-order valence-electron chi connectivity index (χ4n) is 0.634. The summed E-state index contributed by atoms with van der Waals surface area (Å²) >= 11 is 0. The average molecular weight is 195 g/mol. The molecule has 0 spiro atoms. The van der Waals surface area contributed by atoms with Gasteiger partial charge in [0.05, 0.1) is 12.4 Å². The molecule has 72 valence electrons. The Labute approximate surface area is 71.8 Å². The molecule has 0 aromatic heterocycles. The Morgan fingerprint density at radius 3 is 2.50 bits per heavy atom. The van der Waals surface area contributed by atoms with E-state index in [-0.39, 0.29) is 18.9 Å². The maximum absolute atomic E-state index is 10.9. The van der Waals surface area contributed by atoms with Gasteiger partial charge in [0.1, 0.15) is 5.75 Å². The van der Waals surface area contributed by atoms with E-state index < -0.39 is 21.6 Å². The molecule has 0 rings (SSSR count). The highest BCUT2D eigenvalue weighted by molar-refractivity contribution is 7.92. The lowest BCUT2D eigenvalue weighted by Crippen LogP contribution is -2.24. The molecule has 0 aliphatic heterocycles. The standard InChI is InChI=1S/C6H13NO4S/c1-2-11-6(8)5-12(9,10)4-3-7/h2-5,7H2,1H3. The number of esters is 1. The molecule has 0 aliphatic rings. The fourth-order valence-corrected chi connectivity index (χ4v) is 1.58. The Balaban J connectivity index is 3.98. The van der Waals surface area contributed by atoms with Crippen molar-refractivity contribution in [1.82, 2.24) is 0 Å². The maximum atomic E-state index is 10.9. The maximum Gasteiger partial charge on any atom is 0.321 e. The van der Waals surface area contributed by atoms with Crippen molar-refractivity contribution in [2.24, 2.45) is 5.73 Å². The SMILES string of the molecule is CCOC(=O)CS(=O)(=O)CCN. The number of rotatable bonds is 5. The number of carbonyl (C=O) groups is 1. The van der Waals surface area contributed by atoms with Gasteiger partial charge in [0, 0.05) is 6.54 Å².